The molecule has 22 heavy (non-hydrogen) atoms. The first-order chi connectivity index (χ1) is 10.5. The number of amides is 1. The van der Waals surface area contributed by atoms with Gasteiger partial charge in [0.05, 0.1) is 10.9 Å². The molecule has 1 atom stereocenters. The van der Waals surface area contributed by atoms with E-state index in [1.54, 1.807) is 37.5 Å². The number of hydrogen-bond donors (Lipinski definition) is 1. The van der Waals surface area contributed by atoms with Crippen LogP contribution in [0, 0.1) is 0 Å². The molecule has 1 aromatic heterocycles. The Labute approximate surface area is 133 Å². The van der Waals surface area contributed by atoms with Crippen LogP contribution in [0.2, 0.25) is 0 Å². The number of anilines is 1. The van der Waals surface area contributed by atoms with E-state index >= 15 is 0 Å². The fraction of sp³-hybridized carbons (Fsp3) is 0.333. The van der Waals surface area contributed by atoms with Crippen molar-refractivity contribution < 1.29 is 9.59 Å². The smallest absolute Gasteiger partial charge is 0.237 e. The lowest BCUT2D eigenvalue weighted by Gasteiger charge is -2.13. The second kappa shape index (κ2) is 7.22. The number of aromatic nitrogens is 3. The molecule has 0 fully saturated rings. The van der Waals surface area contributed by atoms with Gasteiger partial charge in [0.15, 0.2) is 10.9 Å². The van der Waals surface area contributed by atoms with E-state index < -0.39 is 0 Å². The summed E-state index contributed by atoms with van der Waals surface area (Å²) < 4.78 is 1.87. The summed E-state index contributed by atoms with van der Waals surface area (Å²) in [5, 5.41) is 11.0. The third-order valence-electron chi connectivity index (χ3n) is 3.14. The molecule has 6 nitrogen and oxygen atoms in total. The van der Waals surface area contributed by atoms with E-state index in [2.05, 4.69) is 15.5 Å². The quantitative estimate of drug-likeness (QED) is 0.654. The Hall–Kier alpha value is -2.15. The summed E-state index contributed by atoms with van der Waals surface area (Å²) in [6.45, 7) is 6.01. The standard InChI is InChI=1S/C15H18N4O2S/c1-4-19-9-16-18-15(19)22-11(3)14(21)17-13-8-6-5-7-12(13)10(2)20/h5-9,11H,4H2,1-3H3,(H,17,21)/t11-/m0/s1. The van der Waals surface area contributed by atoms with Gasteiger partial charge in [-0.3, -0.25) is 9.59 Å². The second-order valence-corrected chi connectivity index (χ2v) is 6.06. The van der Waals surface area contributed by atoms with Crippen molar-refractivity contribution in [3.8, 4) is 0 Å². The van der Waals surface area contributed by atoms with Gasteiger partial charge >= 0.3 is 0 Å². The monoisotopic (exact) mass is 318 g/mol. The lowest BCUT2D eigenvalue weighted by molar-refractivity contribution is -0.115. The molecule has 1 N–H and O–H groups in total. The van der Waals surface area contributed by atoms with Crippen LogP contribution in [0.3, 0.4) is 0 Å². The van der Waals surface area contributed by atoms with Gasteiger partial charge in [0, 0.05) is 12.1 Å². The molecule has 0 aliphatic rings. The van der Waals surface area contributed by atoms with Crippen LogP contribution in [0.4, 0.5) is 5.69 Å². The SMILES string of the molecule is CCn1cnnc1S[C@@H](C)C(=O)Nc1ccccc1C(C)=O. The Kier molecular flexibility index (Phi) is 5.32. The predicted molar refractivity (Wildman–Crippen MR) is 86.1 cm³/mol. The summed E-state index contributed by atoms with van der Waals surface area (Å²) in [4.78, 5) is 23.9. The molecule has 7 heteroatoms. The Morgan fingerprint density at radius 1 is 1.36 bits per heavy atom. The molecule has 1 amide bonds. The summed E-state index contributed by atoms with van der Waals surface area (Å²) in [5.41, 5.74) is 1.04. The molecule has 0 saturated heterocycles. The molecular weight excluding hydrogens is 300 g/mol. The van der Waals surface area contributed by atoms with E-state index in [0.29, 0.717) is 16.4 Å². The van der Waals surface area contributed by atoms with Gasteiger partial charge in [0.25, 0.3) is 0 Å². The number of carbonyl (C=O) groups is 2. The van der Waals surface area contributed by atoms with Crippen LogP contribution in [0.1, 0.15) is 31.1 Å². The molecule has 0 bridgehead atoms. The number of Topliss-reactive ketones (excluding diaryl/α,β-unsaturated/α-hetero) is 1. The number of nitrogens with one attached hydrogen (secondary N) is 1. The number of rotatable bonds is 6. The second-order valence-electron chi connectivity index (χ2n) is 4.75. The summed E-state index contributed by atoms with van der Waals surface area (Å²) in [7, 11) is 0. The fourth-order valence-electron chi connectivity index (χ4n) is 1.90. The highest BCUT2D eigenvalue weighted by Crippen LogP contribution is 2.23. The number of ketones is 1. The first-order valence-electron chi connectivity index (χ1n) is 6.98. The van der Waals surface area contributed by atoms with Crippen molar-refractivity contribution >= 4 is 29.1 Å². The zero-order valence-corrected chi connectivity index (χ0v) is 13.6. The van der Waals surface area contributed by atoms with Crippen molar-refractivity contribution in [2.45, 2.75) is 37.7 Å². The average molecular weight is 318 g/mol. The summed E-state index contributed by atoms with van der Waals surface area (Å²) >= 11 is 1.34. The summed E-state index contributed by atoms with van der Waals surface area (Å²) in [6.07, 6.45) is 1.64. The van der Waals surface area contributed by atoms with Crippen molar-refractivity contribution in [3.63, 3.8) is 0 Å². The van der Waals surface area contributed by atoms with Crippen LogP contribution >= 0.6 is 11.8 Å². The Balaban J connectivity index is 2.07. The van der Waals surface area contributed by atoms with Crippen molar-refractivity contribution in [2.24, 2.45) is 0 Å². The number of aryl methyl sites for hydroxylation is 1. The van der Waals surface area contributed by atoms with Crippen LogP contribution in [-0.4, -0.2) is 31.7 Å². The molecule has 1 heterocycles. The Morgan fingerprint density at radius 2 is 2.09 bits per heavy atom. The van der Waals surface area contributed by atoms with Crippen LogP contribution in [-0.2, 0) is 11.3 Å². The molecule has 2 rings (SSSR count). The van der Waals surface area contributed by atoms with E-state index in [0.717, 1.165) is 6.54 Å². The Bertz CT molecular complexity index is 684. The van der Waals surface area contributed by atoms with Gasteiger partial charge in [0.2, 0.25) is 5.91 Å². The van der Waals surface area contributed by atoms with E-state index in [1.165, 1.54) is 18.7 Å². The lowest BCUT2D eigenvalue weighted by Crippen LogP contribution is -2.24. The molecule has 1 aromatic carbocycles. The van der Waals surface area contributed by atoms with Crippen LogP contribution in [0.15, 0.2) is 35.7 Å². The number of para-hydroxylation sites is 1. The molecule has 116 valence electrons. The van der Waals surface area contributed by atoms with E-state index in [4.69, 9.17) is 0 Å². The fourth-order valence-corrected chi connectivity index (χ4v) is 2.79. The molecule has 0 unspecified atom stereocenters. The van der Waals surface area contributed by atoms with E-state index in [9.17, 15) is 9.59 Å². The number of hydrogen-bond acceptors (Lipinski definition) is 5. The molecule has 0 radical (unpaired) electrons. The minimum atomic E-state index is -0.352. The summed E-state index contributed by atoms with van der Waals surface area (Å²) in [5.74, 6) is -0.258. The molecular formula is C15H18N4O2S. The van der Waals surface area contributed by atoms with Gasteiger partial charge in [-0.1, -0.05) is 23.9 Å². The predicted octanol–water partition coefficient (Wildman–Crippen LogP) is 2.62. The molecule has 0 aliphatic carbocycles. The molecule has 0 aliphatic heterocycles. The lowest BCUT2D eigenvalue weighted by atomic mass is 10.1. The first-order valence-corrected chi connectivity index (χ1v) is 7.86. The van der Waals surface area contributed by atoms with Gasteiger partial charge in [-0.2, -0.15) is 0 Å². The highest BCUT2D eigenvalue weighted by Gasteiger charge is 2.19. The minimum Gasteiger partial charge on any atom is -0.324 e. The first kappa shape index (κ1) is 16.2. The molecule has 0 saturated carbocycles. The third kappa shape index (κ3) is 3.73. The normalized spacial score (nSPS) is 12.0. The number of carbonyl (C=O) groups excluding carboxylic acids is 2. The highest BCUT2D eigenvalue weighted by atomic mass is 32.2. The van der Waals surface area contributed by atoms with Crippen LogP contribution in [0.5, 0.6) is 0 Å². The van der Waals surface area contributed by atoms with Gasteiger partial charge in [-0.05, 0) is 32.9 Å². The van der Waals surface area contributed by atoms with Gasteiger partial charge in [-0.15, -0.1) is 10.2 Å². The minimum absolute atomic E-state index is 0.0815. The van der Waals surface area contributed by atoms with E-state index in [-0.39, 0.29) is 16.9 Å². The Morgan fingerprint density at radius 3 is 2.77 bits per heavy atom. The average Bonchev–Trinajstić information content (AvgIpc) is 2.94. The largest absolute Gasteiger partial charge is 0.324 e. The van der Waals surface area contributed by atoms with Crippen molar-refractivity contribution in [1.82, 2.24) is 14.8 Å². The van der Waals surface area contributed by atoms with Crippen LogP contribution in [0.25, 0.3) is 0 Å². The third-order valence-corrected chi connectivity index (χ3v) is 4.23. The molecule has 0 spiro atoms. The maximum atomic E-state index is 12.3. The number of benzene rings is 1. The van der Waals surface area contributed by atoms with Crippen molar-refractivity contribution in [3.05, 3.63) is 36.2 Å². The van der Waals surface area contributed by atoms with Crippen LogP contribution < -0.4 is 5.32 Å². The zero-order chi connectivity index (χ0) is 16.1. The number of thioether (sulfide) groups is 1. The van der Waals surface area contributed by atoms with Gasteiger partial charge < -0.3 is 9.88 Å². The number of nitrogens with zero attached hydrogens (tertiary/aromatic N) is 3. The molecule has 2 aromatic rings. The van der Waals surface area contributed by atoms with E-state index in [1.807, 2.05) is 11.5 Å². The topological polar surface area (TPSA) is 76.9 Å². The van der Waals surface area contributed by atoms with Gasteiger partial charge in [-0.25, -0.2) is 0 Å². The van der Waals surface area contributed by atoms with Gasteiger partial charge in [0.1, 0.15) is 6.33 Å². The van der Waals surface area contributed by atoms with Crippen molar-refractivity contribution in [1.29, 1.82) is 0 Å². The maximum Gasteiger partial charge on any atom is 0.237 e. The summed E-state index contributed by atoms with van der Waals surface area (Å²) in [6, 6.07) is 6.98. The van der Waals surface area contributed by atoms with Crippen molar-refractivity contribution in [2.75, 3.05) is 5.32 Å². The highest BCUT2D eigenvalue weighted by molar-refractivity contribution is 8.00. The zero-order valence-electron chi connectivity index (χ0n) is 12.7. The maximum absolute atomic E-state index is 12.3.